The third-order valence-electron chi connectivity index (χ3n) is 4.08. The van der Waals surface area contributed by atoms with Gasteiger partial charge in [0.2, 0.25) is 5.88 Å². The fraction of sp³-hybridized carbons (Fsp3) is 0.412. The van der Waals surface area contributed by atoms with Crippen LogP contribution < -0.4 is 10.1 Å². The summed E-state index contributed by atoms with van der Waals surface area (Å²) in [6, 6.07) is 9.48. The second kappa shape index (κ2) is 6.32. The van der Waals surface area contributed by atoms with Crippen molar-refractivity contribution in [2.45, 2.75) is 25.3 Å². The minimum atomic E-state index is -0.214. The third kappa shape index (κ3) is 3.04. The van der Waals surface area contributed by atoms with Crippen LogP contribution in [0.4, 0.5) is 0 Å². The van der Waals surface area contributed by atoms with Crippen LogP contribution in [-0.4, -0.2) is 35.8 Å². The SMILES string of the molecule is COc1nc(C(=O)NC(CCO)C2CC2)cc2ccccc12. The normalized spacial score (nSPS) is 15.5. The van der Waals surface area contributed by atoms with Crippen LogP contribution in [0.15, 0.2) is 30.3 Å². The smallest absolute Gasteiger partial charge is 0.270 e. The lowest BCUT2D eigenvalue weighted by molar-refractivity contribution is 0.0918. The fourth-order valence-corrected chi connectivity index (χ4v) is 2.74. The van der Waals surface area contributed by atoms with Crippen molar-refractivity contribution in [1.82, 2.24) is 10.3 Å². The maximum atomic E-state index is 12.5. The average Bonchev–Trinajstić information content (AvgIpc) is 3.38. The van der Waals surface area contributed by atoms with Gasteiger partial charge in [0.25, 0.3) is 5.91 Å². The molecule has 1 saturated carbocycles. The molecule has 1 aromatic heterocycles. The molecule has 0 bridgehead atoms. The molecule has 22 heavy (non-hydrogen) atoms. The number of nitrogens with one attached hydrogen (secondary N) is 1. The molecular weight excluding hydrogens is 280 g/mol. The van der Waals surface area contributed by atoms with Crippen molar-refractivity contribution in [2.75, 3.05) is 13.7 Å². The predicted molar refractivity (Wildman–Crippen MR) is 84.0 cm³/mol. The number of hydrogen-bond acceptors (Lipinski definition) is 4. The number of hydrogen-bond donors (Lipinski definition) is 2. The van der Waals surface area contributed by atoms with Gasteiger partial charge in [0.1, 0.15) is 5.69 Å². The van der Waals surface area contributed by atoms with E-state index in [1.807, 2.05) is 24.3 Å². The molecule has 1 atom stereocenters. The summed E-state index contributed by atoms with van der Waals surface area (Å²) in [6.45, 7) is 0.0793. The highest BCUT2D eigenvalue weighted by atomic mass is 16.5. The van der Waals surface area contributed by atoms with Crippen LogP contribution in [0, 0.1) is 5.92 Å². The number of carbonyl (C=O) groups is 1. The molecule has 3 rings (SSSR count). The molecule has 2 N–H and O–H groups in total. The highest BCUT2D eigenvalue weighted by Gasteiger charge is 2.32. The minimum Gasteiger partial charge on any atom is -0.481 e. The number of carbonyl (C=O) groups excluding carboxylic acids is 1. The Labute approximate surface area is 129 Å². The number of benzene rings is 1. The summed E-state index contributed by atoms with van der Waals surface area (Å²) in [4.78, 5) is 16.8. The highest BCUT2D eigenvalue weighted by Crippen LogP contribution is 2.34. The Hall–Kier alpha value is -2.14. The third-order valence-corrected chi connectivity index (χ3v) is 4.08. The van der Waals surface area contributed by atoms with E-state index in [2.05, 4.69) is 10.3 Å². The molecule has 1 fully saturated rings. The van der Waals surface area contributed by atoms with E-state index < -0.39 is 0 Å². The van der Waals surface area contributed by atoms with E-state index in [0.717, 1.165) is 23.6 Å². The van der Waals surface area contributed by atoms with Gasteiger partial charge in [-0.2, -0.15) is 0 Å². The zero-order chi connectivity index (χ0) is 15.5. The van der Waals surface area contributed by atoms with E-state index in [4.69, 9.17) is 9.84 Å². The number of aliphatic hydroxyl groups excluding tert-OH is 1. The highest BCUT2D eigenvalue weighted by molar-refractivity contribution is 5.98. The first-order chi connectivity index (χ1) is 10.7. The largest absolute Gasteiger partial charge is 0.481 e. The van der Waals surface area contributed by atoms with Crippen molar-refractivity contribution in [1.29, 1.82) is 0 Å². The van der Waals surface area contributed by atoms with E-state index in [1.165, 1.54) is 0 Å². The van der Waals surface area contributed by atoms with E-state index in [-0.39, 0.29) is 18.6 Å². The molecular formula is C17H20N2O3. The minimum absolute atomic E-state index is 0.0248. The molecule has 2 aromatic rings. The number of aromatic nitrogens is 1. The molecule has 0 saturated heterocycles. The Morgan fingerprint density at radius 2 is 2.23 bits per heavy atom. The van der Waals surface area contributed by atoms with Crippen LogP contribution in [0.5, 0.6) is 5.88 Å². The summed E-state index contributed by atoms with van der Waals surface area (Å²) in [5, 5.41) is 13.9. The van der Waals surface area contributed by atoms with Gasteiger partial charge < -0.3 is 15.2 Å². The lowest BCUT2D eigenvalue weighted by Gasteiger charge is -2.17. The van der Waals surface area contributed by atoms with Crippen molar-refractivity contribution in [3.8, 4) is 5.88 Å². The standard InChI is InChI=1S/C17H20N2O3/c1-22-17-13-5-3-2-4-12(13)10-15(19-17)16(21)18-14(8-9-20)11-6-7-11/h2-5,10-11,14,20H,6-9H2,1H3,(H,18,21). The van der Waals surface area contributed by atoms with E-state index in [0.29, 0.717) is 23.9 Å². The topological polar surface area (TPSA) is 71.5 Å². The maximum absolute atomic E-state index is 12.5. The van der Waals surface area contributed by atoms with Crippen molar-refractivity contribution >= 4 is 16.7 Å². The molecule has 1 aliphatic rings. The molecule has 1 heterocycles. The Kier molecular flexibility index (Phi) is 4.24. The van der Waals surface area contributed by atoms with Gasteiger partial charge in [-0.15, -0.1) is 0 Å². The Morgan fingerprint density at radius 1 is 1.45 bits per heavy atom. The van der Waals surface area contributed by atoms with Gasteiger partial charge in [0.05, 0.1) is 7.11 Å². The van der Waals surface area contributed by atoms with Crippen molar-refractivity contribution in [2.24, 2.45) is 5.92 Å². The van der Waals surface area contributed by atoms with Gasteiger partial charge in [-0.05, 0) is 42.7 Å². The second-order valence-electron chi connectivity index (χ2n) is 5.67. The van der Waals surface area contributed by atoms with Crippen LogP contribution in [-0.2, 0) is 0 Å². The first-order valence-electron chi connectivity index (χ1n) is 7.58. The molecule has 116 valence electrons. The fourth-order valence-electron chi connectivity index (χ4n) is 2.74. The van der Waals surface area contributed by atoms with E-state index in [9.17, 15) is 4.79 Å². The molecule has 0 aliphatic heterocycles. The van der Waals surface area contributed by atoms with E-state index >= 15 is 0 Å². The number of methoxy groups -OCH3 is 1. The summed E-state index contributed by atoms with van der Waals surface area (Å²) >= 11 is 0. The summed E-state index contributed by atoms with van der Waals surface area (Å²) in [6.07, 6.45) is 2.81. The summed E-state index contributed by atoms with van der Waals surface area (Å²) in [5.41, 5.74) is 0.346. The lowest BCUT2D eigenvalue weighted by Crippen LogP contribution is -2.37. The van der Waals surface area contributed by atoms with Crippen molar-refractivity contribution in [3.05, 3.63) is 36.0 Å². The second-order valence-corrected chi connectivity index (χ2v) is 5.67. The van der Waals surface area contributed by atoms with Crippen LogP contribution in [0.2, 0.25) is 0 Å². The maximum Gasteiger partial charge on any atom is 0.270 e. The Balaban J connectivity index is 1.86. The van der Waals surface area contributed by atoms with Crippen LogP contribution in [0.25, 0.3) is 10.8 Å². The molecule has 5 heteroatoms. The van der Waals surface area contributed by atoms with Gasteiger partial charge in [-0.25, -0.2) is 4.98 Å². The van der Waals surface area contributed by atoms with Crippen LogP contribution in [0.3, 0.4) is 0 Å². The van der Waals surface area contributed by atoms with E-state index in [1.54, 1.807) is 13.2 Å². The molecule has 1 aliphatic carbocycles. The monoisotopic (exact) mass is 300 g/mol. The number of amides is 1. The van der Waals surface area contributed by atoms with Gasteiger partial charge >= 0.3 is 0 Å². The van der Waals surface area contributed by atoms with Gasteiger partial charge in [-0.3, -0.25) is 4.79 Å². The summed E-state index contributed by atoms with van der Waals surface area (Å²) < 4.78 is 5.30. The zero-order valence-corrected chi connectivity index (χ0v) is 12.6. The molecule has 5 nitrogen and oxygen atoms in total. The Bertz CT molecular complexity index is 683. The summed E-state index contributed by atoms with van der Waals surface area (Å²) in [5.74, 6) is 0.723. The molecule has 0 spiro atoms. The summed E-state index contributed by atoms with van der Waals surface area (Å²) in [7, 11) is 1.55. The van der Waals surface area contributed by atoms with Gasteiger partial charge in [-0.1, -0.05) is 18.2 Å². The van der Waals surface area contributed by atoms with Crippen LogP contribution >= 0.6 is 0 Å². The number of ether oxygens (including phenoxy) is 1. The predicted octanol–water partition coefficient (Wildman–Crippen LogP) is 2.13. The van der Waals surface area contributed by atoms with Gasteiger partial charge in [0.15, 0.2) is 0 Å². The number of nitrogens with zero attached hydrogens (tertiary/aromatic N) is 1. The number of fused-ring (bicyclic) bond motifs is 1. The van der Waals surface area contributed by atoms with Gasteiger partial charge in [0, 0.05) is 18.0 Å². The quantitative estimate of drug-likeness (QED) is 0.857. The molecule has 1 aromatic carbocycles. The molecule has 1 amide bonds. The number of rotatable bonds is 6. The average molecular weight is 300 g/mol. The lowest BCUT2D eigenvalue weighted by atomic mass is 10.1. The number of aliphatic hydroxyl groups is 1. The first kappa shape index (κ1) is 14.8. The molecule has 1 unspecified atom stereocenters. The number of pyridine rings is 1. The molecule has 0 radical (unpaired) electrons. The van der Waals surface area contributed by atoms with Crippen molar-refractivity contribution < 1.29 is 14.6 Å². The van der Waals surface area contributed by atoms with Crippen LogP contribution in [0.1, 0.15) is 29.8 Å². The Morgan fingerprint density at radius 3 is 2.91 bits per heavy atom. The van der Waals surface area contributed by atoms with Crippen molar-refractivity contribution in [3.63, 3.8) is 0 Å². The first-order valence-corrected chi connectivity index (χ1v) is 7.58. The zero-order valence-electron chi connectivity index (χ0n) is 12.6.